The molecule has 1 amide bonds. The first-order chi connectivity index (χ1) is 17.2. The van der Waals surface area contributed by atoms with Gasteiger partial charge in [0, 0.05) is 29.4 Å². The Hall–Kier alpha value is -3.64. The molecule has 2 heterocycles. The van der Waals surface area contributed by atoms with E-state index in [2.05, 4.69) is 9.88 Å². The Morgan fingerprint density at radius 3 is 2.31 bits per heavy atom. The Labute approximate surface area is 215 Å². The molecule has 0 atom stereocenters. The molecule has 0 spiro atoms. The number of hydrogen-bond acceptors (Lipinski definition) is 3. The third kappa shape index (κ3) is 4.61. The summed E-state index contributed by atoms with van der Waals surface area (Å²) in [7, 11) is 0. The van der Waals surface area contributed by atoms with Crippen molar-refractivity contribution in [2.45, 2.75) is 39.3 Å². The molecule has 0 unspecified atom stereocenters. The predicted molar refractivity (Wildman–Crippen MR) is 142 cm³/mol. The number of aromatic nitrogens is 2. The third-order valence-corrected chi connectivity index (χ3v) is 7.04. The van der Waals surface area contributed by atoms with Crippen LogP contribution in [0.25, 0.3) is 11.3 Å². The number of fused-ring (bicyclic) bond motifs is 1. The lowest BCUT2D eigenvalue weighted by molar-refractivity contribution is -0.137. The number of benzene rings is 3. The largest absolute Gasteiger partial charge is 0.340 e. The molecular formula is C29H28ClFN4O. The van der Waals surface area contributed by atoms with Crippen molar-refractivity contribution in [1.29, 1.82) is 0 Å². The van der Waals surface area contributed by atoms with Crippen molar-refractivity contribution in [3.05, 3.63) is 101 Å². The van der Waals surface area contributed by atoms with Crippen LogP contribution in [0.3, 0.4) is 0 Å². The van der Waals surface area contributed by atoms with Gasteiger partial charge >= 0.3 is 0 Å². The number of imidazole rings is 1. The fourth-order valence-corrected chi connectivity index (χ4v) is 4.73. The number of rotatable bonds is 5. The maximum Gasteiger partial charge on any atom is 0.233 e. The molecule has 3 aromatic carbocycles. The molecule has 0 bridgehead atoms. The van der Waals surface area contributed by atoms with E-state index in [4.69, 9.17) is 16.6 Å². The zero-order valence-electron chi connectivity index (χ0n) is 20.6. The Kier molecular flexibility index (Phi) is 6.31. The molecule has 0 saturated carbocycles. The van der Waals surface area contributed by atoms with Gasteiger partial charge in [0.2, 0.25) is 5.91 Å². The van der Waals surface area contributed by atoms with E-state index in [0.29, 0.717) is 24.7 Å². The minimum absolute atomic E-state index is 0.0375. The molecule has 5 nitrogen and oxygen atoms in total. The van der Waals surface area contributed by atoms with Crippen molar-refractivity contribution in [3.63, 3.8) is 0 Å². The SMILES string of the molecule is Cc1ccc(Nc2c(-c3ccc(F)cc3)nc3n2CCN(C(=O)C(C)(C)c2ccc(Cl)cc2)C3)cc1. The molecule has 36 heavy (non-hydrogen) atoms. The van der Waals surface area contributed by atoms with Crippen LogP contribution in [0.2, 0.25) is 5.02 Å². The first kappa shape index (κ1) is 24.1. The molecule has 0 radical (unpaired) electrons. The summed E-state index contributed by atoms with van der Waals surface area (Å²) in [5, 5.41) is 4.16. The molecule has 1 aliphatic heterocycles. The van der Waals surface area contributed by atoms with Gasteiger partial charge in [0.15, 0.2) is 0 Å². The predicted octanol–water partition coefficient (Wildman–Crippen LogP) is 6.71. The van der Waals surface area contributed by atoms with E-state index in [9.17, 15) is 9.18 Å². The molecule has 7 heteroatoms. The minimum Gasteiger partial charge on any atom is -0.340 e. The van der Waals surface area contributed by atoms with Crippen LogP contribution in [0.4, 0.5) is 15.9 Å². The number of anilines is 2. The van der Waals surface area contributed by atoms with E-state index in [-0.39, 0.29) is 11.7 Å². The van der Waals surface area contributed by atoms with Crippen LogP contribution >= 0.6 is 11.6 Å². The Morgan fingerprint density at radius 2 is 1.64 bits per heavy atom. The summed E-state index contributed by atoms with van der Waals surface area (Å²) in [6.07, 6.45) is 0. The third-order valence-electron chi connectivity index (χ3n) is 6.79. The van der Waals surface area contributed by atoms with E-state index in [0.717, 1.165) is 34.2 Å². The number of amides is 1. The second-order valence-corrected chi connectivity index (χ2v) is 10.2. The van der Waals surface area contributed by atoms with E-state index >= 15 is 0 Å². The highest BCUT2D eigenvalue weighted by molar-refractivity contribution is 6.30. The van der Waals surface area contributed by atoms with E-state index < -0.39 is 5.41 Å². The number of aryl methyl sites for hydroxylation is 1. The van der Waals surface area contributed by atoms with Crippen molar-refractivity contribution in [2.75, 3.05) is 11.9 Å². The van der Waals surface area contributed by atoms with Gasteiger partial charge in [-0.05, 0) is 74.9 Å². The molecular weight excluding hydrogens is 475 g/mol. The molecule has 5 rings (SSSR count). The van der Waals surface area contributed by atoms with Crippen LogP contribution in [0.1, 0.15) is 30.8 Å². The van der Waals surface area contributed by atoms with E-state index in [1.165, 1.54) is 17.7 Å². The van der Waals surface area contributed by atoms with Crippen LogP contribution < -0.4 is 5.32 Å². The van der Waals surface area contributed by atoms with Gasteiger partial charge in [0.05, 0.1) is 12.0 Å². The van der Waals surface area contributed by atoms with Gasteiger partial charge in [0.25, 0.3) is 0 Å². The molecule has 1 aromatic heterocycles. The first-order valence-electron chi connectivity index (χ1n) is 12.0. The lowest BCUT2D eigenvalue weighted by Crippen LogP contribution is -2.46. The molecule has 1 aliphatic rings. The van der Waals surface area contributed by atoms with Crippen molar-refractivity contribution in [1.82, 2.24) is 14.5 Å². The molecule has 0 saturated heterocycles. The summed E-state index contributed by atoms with van der Waals surface area (Å²) in [5.74, 6) is 1.37. The number of carbonyl (C=O) groups is 1. The zero-order valence-corrected chi connectivity index (χ0v) is 21.3. The van der Waals surface area contributed by atoms with Gasteiger partial charge < -0.3 is 14.8 Å². The lowest BCUT2D eigenvalue weighted by atomic mass is 9.83. The average molecular weight is 503 g/mol. The number of nitrogens with zero attached hydrogens (tertiary/aromatic N) is 3. The van der Waals surface area contributed by atoms with Crippen LogP contribution in [0.5, 0.6) is 0 Å². The highest BCUT2D eigenvalue weighted by atomic mass is 35.5. The quantitative estimate of drug-likeness (QED) is 0.330. The molecule has 4 aromatic rings. The summed E-state index contributed by atoms with van der Waals surface area (Å²) in [6, 6.07) is 21.9. The average Bonchev–Trinajstić information content (AvgIpc) is 3.23. The molecule has 1 N–H and O–H groups in total. The van der Waals surface area contributed by atoms with Crippen molar-refractivity contribution < 1.29 is 9.18 Å². The first-order valence-corrected chi connectivity index (χ1v) is 12.3. The molecule has 184 valence electrons. The van der Waals surface area contributed by atoms with Gasteiger partial charge in [-0.1, -0.05) is 41.4 Å². The van der Waals surface area contributed by atoms with Crippen molar-refractivity contribution >= 4 is 29.0 Å². The van der Waals surface area contributed by atoms with E-state index in [1.54, 1.807) is 12.1 Å². The van der Waals surface area contributed by atoms with E-state index in [1.807, 2.05) is 74.2 Å². The second kappa shape index (κ2) is 9.43. The van der Waals surface area contributed by atoms with Crippen LogP contribution in [0, 0.1) is 12.7 Å². The monoisotopic (exact) mass is 502 g/mol. The zero-order chi connectivity index (χ0) is 25.4. The van der Waals surface area contributed by atoms with Gasteiger partial charge in [-0.25, -0.2) is 9.37 Å². The number of hydrogen-bond donors (Lipinski definition) is 1. The standard InChI is InChI=1S/C29H28ClFN4O/c1-19-4-14-24(15-5-19)32-27-26(20-6-12-23(31)13-7-20)33-25-18-34(16-17-35(25)27)28(36)29(2,3)21-8-10-22(30)11-9-21/h4-15,32H,16-18H2,1-3H3. The summed E-state index contributed by atoms with van der Waals surface area (Å²) in [5.41, 5.74) is 3.87. The van der Waals surface area contributed by atoms with Gasteiger partial charge in [-0.15, -0.1) is 0 Å². The molecule has 0 fully saturated rings. The Morgan fingerprint density at radius 1 is 0.972 bits per heavy atom. The highest BCUT2D eigenvalue weighted by Crippen LogP contribution is 2.35. The number of halogens is 2. The van der Waals surface area contributed by atoms with Crippen molar-refractivity contribution in [2.24, 2.45) is 0 Å². The van der Waals surface area contributed by atoms with Gasteiger partial charge in [0.1, 0.15) is 23.2 Å². The maximum absolute atomic E-state index is 13.6. The normalized spacial score (nSPS) is 13.4. The van der Waals surface area contributed by atoms with Gasteiger partial charge in [-0.2, -0.15) is 0 Å². The number of nitrogens with one attached hydrogen (secondary N) is 1. The Balaban J connectivity index is 1.48. The molecule has 0 aliphatic carbocycles. The maximum atomic E-state index is 13.6. The lowest BCUT2D eigenvalue weighted by Gasteiger charge is -2.35. The second-order valence-electron chi connectivity index (χ2n) is 9.73. The minimum atomic E-state index is -0.706. The highest BCUT2D eigenvalue weighted by Gasteiger charge is 2.36. The summed E-state index contributed by atoms with van der Waals surface area (Å²) < 4.78 is 15.8. The number of carbonyl (C=O) groups excluding carboxylic acids is 1. The summed E-state index contributed by atoms with van der Waals surface area (Å²) in [6.45, 7) is 7.47. The fraction of sp³-hybridized carbons (Fsp3) is 0.241. The smallest absolute Gasteiger partial charge is 0.233 e. The van der Waals surface area contributed by atoms with Crippen LogP contribution in [-0.2, 0) is 23.3 Å². The topological polar surface area (TPSA) is 50.2 Å². The van der Waals surface area contributed by atoms with Crippen LogP contribution in [0.15, 0.2) is 72.8 Å². The summed E-state index contributed by atoms with van der Waals surface area (Å²) >= 11 is 6.06. The summed E-state index contributed by atoms with van der Waals surface area (Å²) in [4.78, 5) is 20.4. The van der Waals surface area contributed by atoms with Crippen LogP contribution in [-0.4, -0.2) is 26.9 Å². The fourth-order valence-electron chi connectivity index (χ4n) is 4.60. The van der Waals surface area contributed by atoms with Gasteiger partial charge in [-0.3, -0.25) is 4.79 Å². The van der Waals surface area contributed by atoms with Crippen molar-refractivity contribution in [3.8, 4) is 11.3 Å². The Bertz CT molecular complexity index is 1390.